The molecule has 0 saturated heterocycles. The Balaban J connectivity index is 1.65. The van der Waals surface area contributed by atoms with Crippen LogP contribution in [0.2, 0.25) is 5.15 Å². The highest BCUT2D eigenvalue weighted by molar-refractivity contribution is 9.10. The van der Waals surface area contributed by atoms with Crippen LogP contribution in [0.5, 0.6) is 0 Å². The fraction of sp³-hybridized carbons (Fsp3) is 0.211. The van der Waals surface area contributed by atoms with Crippen LogP contribution in [-0.2, 0) is 0 Å². The van der Waals surface area contributed by atoms with Crippen molar-refractivity contribution in [1.29, 1.82) is 0 Å². The van der Waals surface area contributed by atoms with Crippen molar-refractivity contribution in [1.82, 2.24) is 14.8 Å². The lowest BCUT2D eigenvalue weighted by Crippen LogP contribution is -2.35. The normalized spacial score (nSPS) is 18.4. The zero-order chi connectivity index (χ0) is 21.5. The monoisotopic (exact) mass is 499 g/mol. The van der Waals surface area contributed by atoms with Crippen LogP contribution in [0.4, 0.5) is 24.7 Å². The maximum atomic E-state index is 13.8. The zero-order valence-electron chi connectivity index (χ0n) is 15.1. The van der Waals surface area contributed by atoms with Crippen molar-refractivity contribution in [3.63, 3.8) is 0 Å². The first-order valence-electron chi connectivity index (χ1n) is 8.82. The Kier molecular flexibility index (Phi) is 5.46. The van der Waals surface area contributed by atoms with Crippen LogP contribution >= 0.6 is 27.5 Å². The van der Waals surface area contributed by atoms with Gasteiger partial charge in [0.05, 0.1) is 11.7 Å². The van der Waals surface area contributed by atoms with Gasteiger partial charge in [-0.25, -0.2) is 9.67 Å². The summed E-state index contributed by atoms with van der Waals surface area (Å²) in [6.07, 6.45) is -3.33. The van der Waals surface area contributed by atoms with Gasteiger partial charge in [-0.1, -0.05) is 39.7 Å². The molecule has 1 amide bonds. The van der Waals surface area contributed by atoms with E-state index in [4.69, 9.17) is 11.6 Å². The van der Waals surface area contributed by atoms with Gasteiger partial charge in [-0.2, -0.15) is 18.3 Å². The van der Waals surface area contributed by atoms with E-state index in [1.165, 1.54) is 18.3 Å². The average Bonchev–Trinajstić information content (AvgIpc) is 3.13. The topological polar surface area (TPSA) is 71.8 Å². The Hall–Kier alpha value is -2.59. The highest BCUT2D eigenvalue weighted by Gasteiger charge is 2.46. The van der Waals surface area contributed by atoms with E-state index in [0.29, 0.717) is 5.56 Å². The Labute approximate surface area is 182 Å². The third-order valence-electron chi connectivity index (χ3n) is 4.70. The van der Waals surface area contributed by atoms with Gasteiger partial charge in [0.25, 0.3) is 5.91 Å². The number of nitrogens with zero attached hydrogens (tertiary/aromatic N) is 3. The molecular weight excluding hydrogens is 487 g/mol. The predicted molar refractivity (Wildman–Crippen MR) is 110 cm³/mol. The number of hydrogen-bond acceptors (Lipinski definition) is 4. The quantitative estimate of drug-likeness (QED) is 0.459. The van der Waals surface area contributed by atoms with Gasteiger partial charge in [-0.3, -0.25) is 4.79 Å². The van der Waals surface area contributed by atoms with Gasteiger partial charge in [0, 0.05) is 23.2 Å². The molecule has 0 bridgehead atoms. The smallest absolute Gasteiger partial charge is 0.363 e. The van der Waals surface area contributed by atoms with Gasteiger partial charge in [-0.15, -0.1) is 0 Å². The summed E-state index contributed by atoms with van der Waals surface area (Å²) < 4.78 is 42.9. The highest BCUT2D eigenvalue weighted by atomic mass is 79.9. The first kappa shape index (κ1) is 20.7. The summed E-state index contributed by atoms with van der Waals surface area (Å²) in [5.41, 5.74) is 0.777. The Morgan fingerprint density at radius 1 is 1.27 bits per heavy atom. The van der Waals surface area contributed by atoms with Crippen LogP contribution in [0.3, 0.4) is 0 Å². The van der Waals surface area contributed by atoms with E-state index in [1.54, 1.807) is 30.3 Å². The number of carbonyl (C=O) groups is 1. The van der Waals surface area contributed by atoms with Crippen LogP contribution in [0.1, 0.15) is 34.6 Å². The number of carbonyl (C=O) groups excluding carboxylic acids is 1. The van der Waals surface area contributed by atoms with Gasteiger partial charge in [0.2, 0.25) is 0 Å². The summed E-state index contributed by atoms with van der Waals surface area (Å²) in [6.45, 7) is 0. The minimum absolute atomic E-state index is 0.0661. The standard InChI is InChI=1S/C19H14BrClF3N5O/c20-11-5-3-10(4-6-11)13-8-15(19(22,23)24)29-16(26-13)9-14(28-29)18(30)27-12-2-1-7-25-17(12)21/h1-7,9,13,15,26H,8H2,(H,27,30)/t13-,15+/m0/s1. The van der Waals surface area contributed by atoms with Crippen molar-refractivity contribution in [2.24, 2.45) is 0 Å². The number of rotatable bonds is 3. The molecule has 1 aliphatic heterocycles. The number of amides is 1. The molecule has 0 fully saturated rings. The third-order valence-corrected chi connectivity index (χ3v) is 5.53. The van der Waals surface area contributed by atoms with Gasteiger partial charge < -0.3 is 10.6 Å². The summed E-state index contributed by atoms with van der Waals surface area (Å²) in [7, 11) is 0. The molecule has 1 aliphatic rings. The van der Waals surface area contributed by atoms with E-state index in [0.717, 1.165) is 9.15 Å². The lowest BCUT2D eigenvalue weighted by molar-refractivity contribution is -0.173. The number of nitrogens with one attached hydrogen (secondary N) is 2. The van der Waals surface area contributed by atoms with E-state index in [2.05, 4.69) is 36.6 Å². The van der Waals surface area contributed by atoms with E-state index >= 15 is 0 Å². The third kappa shape index (κ3) is 4.15. The van der Waals surface area contributed by atoms with Crippen LogP contribution in [0.25, 0.3) is 0 Å². The van der Waals surface area contributed by atoms with Crippen LogP contribution in [0.15, 0.2) is 53.1 Å². The number of hydrogen-bond donors (Lipinski definition) is 2. The minimum Gasteiger partial charge on any atom is -0.363 e. The SMILES string of the molecule is O=C(Nc1cccnc1Cl)c1cc2n(n1)[C@@H](C(F)(F)F)C[C@@H](c1ccc(Br)cc1)N2. The predicted octanol–water partition coefficient (Wildman–Crippen LogP) is 5.61. The molecule has 0 radical (unpaired) electrons. The Bertz CT molecular complexity index is 1090. The zero-order valence-corrected chi connectivity index (χ0v) is 17.5. The Morgan fingerprint density at radius 3 is 2.67 bits per heavy atom. The molecule has 0 aliphatic carbocycles. The summed E-state index contributed by atoms with van der Waals surface area (Å²) >= 11 is 9.24. The molecule has 2 aromatic heterocycles. The summed E-state index contributed by atoms with van der Waals surface area (Å²) in [6, 6.07) is 8.97. The van der Waals surface area contributed by atoms with Gasteiger partial charge >= 0.3 is 6.18 Å². The van der Waals surface area contributed by atoms with Gasteiger partial charge in [-0.05, 0) is 29.8 Å². The Morgan fingerprint density at radius 2 is 2.00 bits per heavy atom. The van der Waals surface area contributed by atoms with Crippen LogP contribution in [-0.4, -0.2) is 26.8 Å². The number of benzene rings is 1. The molecule has 3 aromatic rings. The highest BCUT2D eigenvalue weighted by Crippen LogP contribution is 2.43. The van der Waals surface area contributed by atoms with Gasteiger partial charge in [0.1, 0.15) is 5.82 Å². The van der Waals surface area contributed by atoms with Crippen molar-refractivity contribution >= 4 is 44.9 Å². The van der Waals surface area contributed by atoms with E-state index < -0.39 is 24.2 Å². The molecule has 11 heteroatoms. The lowest BCUT2D eigenvalue weighted by Gasteiger charge is -2.33. The summed E-state index contributed by atoms with van der Waals surface area (Å²) in [5, 5.41) is 9.55. The number of halogens is 5. The van der Waals surface area contributed by atoms with Crippen molar-refractivity contribution in [3.05, 3.63) is 69.5 Å². The van der Waals surface area contributed by atoms with Gasteiger partial charge in [0.15, 0.2) is 16.9 Å². The minimum atomic E-state index is -4.53. The number of fused-ring (bicyclic) bond motifs is 1. The molecule has 2 atom stereocenters. The summed E-state index contributed by atoms with van der Waals surface area (Å²) in [5.74, 6) is -0.575. The first-order chi connectivity index (χ1) is 14.2. The van der Waals surface area contributed by atoms with E-state index in [9.17, 15) is 18.0 Å². The molecule has 6 nitrogen and oxygen atoms in total. The maximum absolute atomic E-state index is 13.8. The lowest BCUT2D eigenvalue weighted by atomic mass is 9.97. The summed E-state index contributed by atoms with van der Waals surface area (Å²) in [4.78, 5) is 16.4. The fourth-order valence-electron chi connectivity index (χ4n) is 3.26. The molecule has 0 unspecified atom stereocenters. The largest absolute Gasteiger partial charge is 0.410 e. The molecule has 3 heterocycles. The fourth-order valence-corrected chi connectivity index (χ4v) is 3.69. The first-order valence-corrected chi connectivity index (χ1v) is 9.99. The second-order valence-electron chi connectivity index (χ2n) is 6.70. The molecule has 30 heavy (non-hydrogen) atoms. The van der Waals surface area contributed by atoms with Crippen molar-refractivity contribution < 1.29 is 18.0 Å². The number of alkyl halides is 3. The van der Waals surface area contributed by atoms with E-state index in [-0.39, 0.29) is 28.8 Å². The van der Waals surface area contributed by atoms with Crippen molar-refractivity contribution in [2.75, 3.05) is 10.6 Å². The molecule has 0 spiro atoms. The molecule has 4 rings (SSSR count). The second-order valence-corrected chi connectivity index (χ2v) is 7.97. The maximum Gasteiger partial charge on any atom is 0.410 e. The molecule has 0 saturated carbocycles. The number of pyridine rings is 1. The van der Waals surface area contributed by atoms with Crippen LogP contribution in [0, 0.1) is 0 Å². The average molecular weight is 501 g/mol. The number of aromatic nitrogens is 3. The molecule has 1 aromatic carbocycles. The molecule has 2 N–H and O–H groups in total. The van der Waals surface area contributed by atoms with Crippen molar-refractivity contribution in [2.45, 2.75) is 24.7 Å². The number of anilines is 2. The van der Waals surface area contributed by atoms with Crippen LogP contribution < -0.4 is 10.6 Å². The van der Waals surface area contributed by atoms with E-state index in [1.807, 2.05) is 0 Å². The molecule has 156 valence electrons. The van der Waals surface area contributed by atoms with Crippen molar-refractivity contribution in [3.8, 4) is 0 Å². The second kappa shape index (κ2) is 7.92. The molecular formula is C19H14BrClF3N5O.